The van der Waals surface area contributed by atoms with Crippen LogP contribution in [-0.2, 0) is 24.2 Å². The quantitative estimate of drug-likeness (QED) is 0.524. The number of benzene rings is 2. The fourth-order valence-corrected chi connectivity index (χ4v) is 3.42. The first kappa shape index (κ1) is 20.8. The highest BCUT2D eigenvalue weighted by molar-refractivity contribution is 7.09. The standard InChI is InChI=1S/C23H25N3O2S/c24-20(13-18-7-3-1-4-8-18)11-12-21(14-19-9-5-2-6-10-19)26-23(27)28-16-22-15-25-17-29-22/h1-12,15,17,20-21H,13-14,16,24H2,(H,26,27). The van der Waals surface area contributed by atoms with Gasteiger partial charge in [0.2, 0.25) is 0 Å². The molecule has 0 saturated heterocycles. The number of nitrogens with two attached hydrogens (primary N) is 1. The van der Waals surface area contributed by atoms with Crippen LogP contribution in [0.15, 0.2) is 84.5 Å². The maximum atomic E-state index is 12.3. The number of carbonyl (C=O) groups excluding carboxylic acids is 1. The van der Waals surface area contributed by atoms with E-state index in [0.29, 0.717) is 6.42 Å². The lowest BCUT2D eigenvalue weighted by Crippen LogP contribution is -2.36. The predicted molar refractivity (Wildman–Crippen MR) is 117 cm³/mol. The lowest BCUT2D eigenvalue weighted by Gasteiger charge is -2.16. The monoisotopic (exact) mass is 407 g/mol. The van der Waals surface area contributed by atoms with E-state index in [1.54, 1.807) is 11.7 Å². The number of thiazole rings is 1. The molecule has 150 valence electrons. The van der Waals surface area contributed by atoms with Gasteiger partial charge in [-0.25, -0.2) is 4.79 Å². The number of nitrogens with one attached hydrogen (secondary N) is 1. The molecule has 0 aliphatic heterocycles. The van der Waals surface area contributed by atoms with Gasteiger partial charge in [0, 0.05) is 12.2 Å². The molecule has 0 radical (unpaired) electrons. The van der Waals surface area contributed by atoms with Crippen LogP contribution in [0.1, 0.15) is 16.0 Å². The van der Waals surface area contributed by atoms with Crippen molar-refractivity contribution >= 4 is 17.4 Å². The molecule has 2 aromatic carbocycles. The van der Waals surface area contributed by atoms with Crippen LogP contribution in [-0.4, -0.2) is 23.2 Å². The summed E-state index contributed by atoms with van der Waals surface area (Å²) in [6, 6.07) is 19.8. The van der Waals surface area contributed by atoms with Crippen LogP contribution in [0.5, 0.6) is 0 Å². The van der Waals surface area contributed by atoms with Gasteiger partial charge in [-0.1, -0.05) is 72.8 Å². The normalized spacial score (nSPS) is 13.1. The smallest absolute Gasteiger partial charge is 0.407 e. The van der Waals surface area contributed by atoms with Crippen LogP contribution in [0, 0.1) is 0 Å². The Labute approximate surface area is 175 Å². The summed E-state index contributed by atoms with van der Waals surface area (Å²) >= 11 is 1.45. The fourth-order valence-electron chi connectivity index (χ4n) is 2.91. The van der Waals surface area contributed by atoms with Gasteiger partial charge in [-0.05, 0) is 24.0 Å². The SMILES string of the molecule is NC(C=CC(Cc1ccccc1)NC(=O)OCc1cncs1)Cc1ccccc1. The number of hydrogen-bond acceptors (Lipinski definition) is 5. The third-order valence-corrected chi connectivity index (χ3v) is 5.09. The average Bonchev–Trinajstić information content (AvgIpc) is 3.26. The highest BCUT2D eigenvalue weighted by Crippen LogP contribution is 2.09. The van der Waals surface area contributed by atoms with E-state index in [9.17, 15) is 4.79 Å². The lowest BCUT2D eigenvalue weighted by molar-refractivity contribution is 0.138. The molecule has 3 aromatic rings. The summed E-state index contributed by atoms with van der Waals surface area (Å²) in [7, 11) is 0. The summed E-state index contributed by atoms with van der Waals surface area (Å²) in [5.74, 6) is 0. The molecule has 1 aromatic heterocycles. The van der Waals surface area contributed by atoms with Crippen molar-refractivity contribution in [2.24, 2.45) is 5.73 Å². The summed E-state index contributed by atoms with van der Waals surface area (Å²) in [4.78, 5) is 17.1. The van der Waals surface area contributed by atoms with Gasteiger partial charge < -0.3 is 15.8 Å². The number of alkyl carbamates (subject to hydrolysis) is 1. The van der Waals surface area contributed by atoms with Crippen LogP contribution in [0.3, 0.4) is 0 Å². The maximum Gasteiger partial charge on any atom is 0.407 e. The summed E-state index contributed by atoms with van der Waals surface area (Å²) < 4.78 is 5.31. The summed E-state index contributed by atoms with van der Waals surface area (Å²) in [6.45, 7) is 0.214. The van der Waals surface area contributed by atoms with Gasteiger partial charge >= 0.3 is 6.09 Å². The Balaban J connectivity index is 1.59. The van der Waals surface area contributed by atoms with Crippen LogP contribution in [0.4, 0.5) is 4.79 Å². The van der Waals surface area contributed by atoms with Gasteiger partial charge in [0.15, 0.2) is 0 Å². The Morgan fingerprint density at radius 1 is 1.03 bits per heavy atom. The second-order valence-electron chi connectivity index (χ2n) is 6.72. The molecule has 1 amide bonds. The van der Waals surface area contributed by atoms with Crippen molar-refractivity contribution in [2.75, 3.05) is 0 Å². The zero-order valence-corrected chi connectivity index (χ0v) is 16.9. The van der Waals surface area contributed by atoms with E-state index >= 15 is 0 Å². The summed E-state index contributed by atoms with van der Waals surface area (Å²) in [6.07, 6.45) is 6.54. The zero-order valence-electron chi connectivity index (χ0n) is 16.1. The molecule has 0 aliphatic rings. The zero-order chi connectivity index (χ0) is 20.3. The Kier molecular flexibility index (Phi) is 7.98. The van der Waals surface area contributed by atoms with Crippen LogP contribution < -0.4 is 11.1 Å². The average molecular weight is 408 g/mol. The van der Waals surface area contributed by atoms with Crippen molar-refractivity contribution in [1.29, 1.82) is 0 Å². The Hall–Kier alpha value is -2.96. The third kappa shape index (κ3) is 7.52. The highest BCUT2D eigenvalue weighted by Gasteiger charge is 2.12. The molecule has 1 heterocycles. The van der Waals surface area contributed by atoms with Gasteiger partial charge in [-0.15, -0.1) is 11.3 Å². The lowest BCUT2D eigenvalue weighted by atomic mass is 10.0. The van der Waals surface area contributed by atoms with Gasteiger partial charge in [0.1, 0.15) is 6.61 Å². The maximum absolute atomic E-state index is 12.3. The molecule has 3 rings (SSSR count). The number of hydrogen-bond donors (Lipinski definition) is 2. The third-order valence-electron chi connectivity index (χ3n) is 4.34. The number of aromatic nitrogens is 1. The van der Waals surface area contributed by atoms with Gasteiger partial charge in [0.05, 0.1) is 16.4 Å². The molecule has 5 nitrogen and oxygen atoms in total. The van der Waals surface area contributed by atoms with E-state index in [1.807, 2.05) is 60.7 Å². The van der Waals surface area contributed by atoms with Crippen LogP contribution in [0.2, 0.25) is 0 Å². The predicted octanol–water partition coefficient (Wildman–Crippen LogP) is 4.11. The number of nitrogens with zero attached hydrogens (tertiary/aromatic N) is 1. The molecule has 0 bridgehead atoms. The molecular formula is C23H25N3O2S. The van der Waals surface area contributed by atoms with Gasteiger partial charge in [0.25, 0.3) is 0 Å². The number of amides is 1. The first-order valence-corrected chi connectivity index (χ1v) is 10.4. The number of rotatable bonds is 9. The first-order chi connectivity index (χ1) is 14.2. The van der Waals surface area contributed by atoms with E-state index in [-0.39, 0.29) is 18.7 Å². The molecule has 29 heavy (non-hydrogen) atoms. The first-order valence-electron chi connectivity index (χ1n) is 9.51. The minimum absolute atomic E-state index is 0.134. The second-order valence-corrected chi connectivity index (χ2v) is 7.69. The van der Waals surface area contributed by atoms with Gasteiger partial charge in [-0.2, -0.15) is 0 Å². The number of ether oxygens (including phenoxy) is 1. The Morgan fingerprint density at radius 2 is 1.69 bits per heavy atom. The fraction of sp³-hybridized carbons (Fsp3) is 0.217. The molecule has 6 heteroatoms. The molecular weight excluding hydrogens is 382 g/mol. The van der Waals surface area contributed by atoms with Crippen molar-refractivity contribution in [2.45, 2.75) is 31.5 Å². The summed E-state index contributed by atoms with van der Waals surface area (Å²) in [5.41, 5.74) is 10.3. The molecule has 2 unspecified atom stereocenters. The highest BCUT2D eigenvalue weighted by atomic mass is 32.1. The minimum atomic E-state index is -0.458. The minimum Gasteiger partial charge on any atom is -0.444 e. The van der Waals surface area contributed by atoms with Crippen molar-refractivity contribution in [3.05, 3.63) is 101 Å². The van der Waals surface area contributed by atoms with E-state index in [0.717, 1.165) is 16.9 Å². The molecule has 2 atom stereocenters. The van der Waals surface area contributed by atoms with E-state index in [1.165, 1.54) is 16.9 Å². The summed E-state index contributed by atoms with van der Waals surface area (Å²) in [5, 5.41) is 2.93. The van der Waals surface area contributed by atoms with Crippen LogP contribution >= 0.6 is 11.3 Å². The molecule has 0 fully saturated rings. The van der Waals surface area contributed by atoms with Crippen molar-refractivity contribution in [3.63, 3.8) is 0 Å². The van der Waals surface area contributed by atoms with Crippen LogP contribution in [0.25, 0.3) is 0 Å². The van der Waals surface area contributed by atoms with E-state index in [2.05, 4.69) is 22.4 Å². The van der Waals surface area contributed by atoms with Crippen molar-refractivity contribution in [1.82, 2.24) is 10.3 Å². The second kappa shape index (κ2) is 11.1. The molecule has 3 N–H and O–H groups in total. The van der Waals surface area contributed by atoms with Gasteiger partial charge in [-0.3, -0.25) is 4.98 Å². The van der Waals surface area contributed by atoms with Crippen molar-refractivity contribution in [3.8, 4) is 0 Å². The Morgan fingerprint density at radius 3 is 2.31 bits per heavy atom. The van der Waals surface area contributed by atoms with E-state index < -0.39 is 6.09 Å². The molecule has 0 spiro atoms. The largest absolute Gasteiger partial charge is 0.444 e. The Bertz CT molecular complexity index is 883. The molecule has 0 saturated carbocycles. The van der Waals surface area contributed by atoms with Crippen molar-refractivity contribution < 1.29 is 9.53 Å². The number of carbonyl (C=O) groups is 1. The molecule has 0 aliphatic carbocycles. The topological polar surface area (TPSA) is 77.2 Å². The van der Waals surface area contributed by atoms with E-state index in [4.69, 9.17) is 10.5 Å².